The van der Waals surface area contributed by atoms with E-state index < -0.39 is 6.36 Å². The van der Waals surface area contributed by atoms with Gasteiger partial charge in [-0.25, -0.2) is 0 Å². The topological polar surface area (TPSA) is 61.3 Å². The molecule has 3 aromatic rings. The van der Waals surface area contributed by atoms with Gasteiger partial charge in [0.25, 0.3) is 0 Å². The van der Waals surface area contributed by atoms with Crippen LogP contribution in [0.1, 0.15) is 0 Å². The number of hydrogen-bond donors (Lipinski definition) is 1. The largest absolute Gasteiger partial charge is 0.573 e. The maximum atomic E-state index is 12.6. The van der Waals surface area contributed by atoms with Crippen LogP contribution >= 0.6 is 0 Å². The number of hydrogen-bond acceptors (Lipinski definition) is 4. The second kappa shape index (κ2) is 5.68. The maximum absolute atomic E-state index is 12.6. The molecule has 1 aromatic heterocycles. The third kappa shape index (κ3) is 3.28. The predicted molar refractivity (Wildman–Crippen MR) is 78.5 cm³/mol. The van der Waals surface area contributed by atoms with Crippen LogP contribution in [0.3, 0.4) is 0 Å². The molecule has 3 rings (SSSR count). The first-order valence-electron chi connectivity index (χ1n) is 6.60. The van der Waals surface area contributed by atoms with E-state index in [2.05, 4.69) is 9.89 Å². The Hall–Kier alpha value is -2.96. The first-order chi connectivity index (χ1) is 10.9. The number of aromatic nitrogens is 1. The highest BCUT2D eigenvalue weighted by molar-refractivity contribution is 5.86. The third-order valence-corrected chi connectivity index (χ3v) is 3.15. The van der Waals surface area contributed by atoms with E-state index in [4.69, 9.17) is 10.3 Å². The molecule has 0 aliphatic rings. The number of para-hydroxylation sites is 1. The molecule has 0 unspecified atom stereocenters. The zero-order chi connectivity index (χ0) is 16.4. The van der Waals surface area contributed by atoms with Crippen LogP contribution in [0.5, 0.6) is 5.75 Å². The molecule has 0 saturated carbocycles. The molecule has 23 heavy (non-hydrogen) atoms. The van der Waals surface area contributed by atoms with E-state index >= 15 is 0 Å². The number of ether oxygens (including phenoxy) is 1. The summed E-state index contributed by atoms with van der Waals surface area (Å²) in [7, 11) is 0. The van der Waals surface area contributed by atoms with E-state index in [1.807, 2.05) is 0 Å². The van der Waals surface area contributed by atoms with Gasteiger partial charge in [0, 0.05) is 22.9 Å². The molecular weight excluding hydrogens is 309 g/mol. The van der Waals surface area contributed by atoms with Crippen molar-refractivity contribution in [2.75, 3.05) is 5.73 Å². The highest BCUT2D eigenvalue weighted by atomic mass is 19.4. The second-order valence-electron chi connectivity index (χ2n) is 4.73. The summed E-state index contributed by atoms with van der Waals surface area (Å²) in [5.74, 6) is 0.0969. The zero-order valence-electron chi connectivity index (χ0n) is 11.7. The Balaban J connectivity index is 2.17. The van der Waals surface area contributed by atoms with Crippen LogP contribution in [0.4, 0.5) is 18.9 Å². The lowest BCUT2D eigenvalue weighted by Gasteiger charge is -2.15. The summed E-state index contributed by atoms with van der Waals surface area (Å²) in [5.41, 5.74) is 7.53. The standard InChI is InChI=1S/C16H11F3N2O2/c17-16(18,19)22-14-4-2-1-3-12(14)11-6-5-10(20)9-13(11)15-7-8-21-23-15/h1-9H,20H2. The fraction of sp³-hybridized carbons (Fsp3) is 0.0625. The number of nitrogens with two attached hydrogens (primary N) is 1. The molecule has 0 saturated heterocycles. The number of benzene rings is 2. The van der Waals surface area contributed by atoms with Gasteiger partial charge in [-0.2, -0.15) is 0 Å². The zero-order valence-corrected chi connectivity index (χ0v) is 11.7. The fourth-order valence-corrected chi connectivity index (χ4v) is 2.26. The molecule has 0 spiro atoms. The lowest BCUT2D eigenvalue weighted by Crippen LogP contribution is -2.17. The number of rotatable bonds is 3. The Morgan fingerprint density at radius 1 is 0.957 bits per heavy atom. The quantitative estimate of drug-likeness (QED) is 0.722. The summed E-state index contributed by atoms with van der Waals surface area (Å²) in [4.78, 5) is 0. The summed E-state index contributed by atoms with van der Waals surface area (Å²) in [5, 5.41) is 3.62. The molecule has 0 fully saturated rings. The summed E-state index contributed by atoms with van der Waals surface area (Å²) in [6, 6.07) is 12.3. The van der Waals surface area contributed by atoms with Crippen LogP contribution in [-0.2, 0) is 0 Å². The number of halogens is 3. The third-order valence-electron chi connectivity index (χ3n) is 3.15. The molecule has 2 N–H and O–H groups in total. The molecular formula is C16H11F3N2O2. The van der Waals surface area contributed by atoms with Crippen molar-refractivity contribution in [2.45, 2.75) is 6.36 Å². The Labute approximate surface area is 129 Å². The number of alkyl halides is 3. The van der Waals surface area contributed by atoms with Crippen LogP contribution in [0.15, 0.2) is 59.3 Å². The van der Waals surface area contributed by atoms with Gasteiger partial charge in [0.1, 0.15) is 5.75 Å². The average Bonchev–Trinajstić information content (AvgIpc) is 3.00. The van der Waals surface area contributed by atoms with Gasteiger partial charge in [-0.05, 0) is 23.8 Å². The molecule has 4 nitrogen and oxygen atoms in total. The molecule has 0 aliphatic carbocycles. The van der Waals surface area contributed by atoms with Gasteiger partial charge >= 0.3 is 6.36 Å². The van der Waals surface area contributed by atoms with Gasteiger partial charge < -0.3 is 15.0 Å². The summed E-state index contributed by atoms with van der Waals surface area (Å²) < 4.78 is 47.0. The van der Waals surface area contributed by atoms with E-state index in [1.165, 1.54) is 24.4 Å². The van der Waals surface area contributed by atoms with Crippen molar-refractivity contribution < 1.29 is 22.4 Å². The molecule has 2 aromatic carbocycles. The van der Waals surface area contributed by atoms with Crippen molar-refractivity contribution in [2.24, 2.45) is 0 Å². The van der Waals surface area contributed by atoms with Crippen molar-refractivity contribution >= 4 is 5.69 Å². The normalized spacial score (nSPS) is 11.4. The van der Waals surface area contributed by atoms with E-state index in [1.54, 1.807) is 30.3 Å². The van der Waals surface area contributed by atoms with E-state index in [0.29, 0.717) is 22.6 Å². The summed E-state index contributed by atoms with van der Waals surface area (Å²) in [6.07, 6.45) is -3.34. The van der Waals surface area contributed by atoms with Gasteiger partial charge in [-0.1, -0.05) is 29.4 Å². The molecule has 0 amide bonds. The van der Waals surface area contributed by atoms with Crippen molar-refractivity contribution in [3.8, 4) is 28.2 Å². The highest BCUT2D eigenvalue weighted by Gasteiger charge is 2.32. The molecule has 0 bridgehead atoms. The minimum atomic E-state index is -4.78. The van der Waals surface area contributed by atoms with Gasteiger partial charge in [-0.3, -0.25) is 0 Å². The van der Waals surface area contributed by atoms with Crippen LogP contribution in [0.2, 0.25) is 0 Å². The Morgan fingerprint density at radius 3 is 2.43 bits per heavy atom. The van der Waals surface area contributed by atoms with E-state index in [-0.39, 0.29) is 11.3 Å². The van der Waals surface area contributed by atoms with Gasteiger partial charge in [0.05, 0.1) is 6.20 Å². The van der Waals surface area contributed by atoms with E-state index in [0.717, 1.165) is 0 Å². The van der Waals surface area contributed by atoms with E-state index in [9.17, 15) is 13.2 Å². The fourth-order valence-electron chi connectivity index (χ4n) is 2.26. The maximum Gasteiger partial charge on any atom is 0.573 e. The van der Waals surface area contributed by atoms with Crippen molar-refractivity contribution in [1.82, 2.24) is 5.16 Å². The monoisotopic (exact) mass is 320 g/mol. The van der Waals surface area contributed by atoms with Gasteiger partial charge in [0.15, 0.2) is 5.76 Å². The van der Waals surface area contributed by atoms with Crippen molar-refractivity contribution in [3.05, 3.63) is 54.7 Å². The number of nitrogens with zero attached hydrogens (tertiary/aromatic N) is 1. The Kier molecular flexibility index (Phi) is 3.69. The van der Waals surface area contributed by atoms with Crippen LogP contribution in [-0.4, -0.2) is 11.5 Å². The summed E-state index contributed by atoms with van der Waals surface area (Å²) >= 11 is 0. The van der Waals surface area contributed by atoms with Crippen molar-refractivity contribution in [1.29, 1.82) is 0 Å². The number of nitrogen functional groups attached to an aromatic ring is 1. The van der Waals surface area contributed by atoms with Crippen LogP contribution in [0.25, 0.3) is 22.5 Å². The molecule has 0 aliphatic heterocycles. The minimum Gasteiger partial charge on any atom is -0.405 e. The lowest BCUT2D eigenvalue weighted by molar-refractivity contribution is -0.274. The molecule has 0 radical (unpaired) electrons. The van der Waals surface area contributed by atoms with Crippen LogP contribution < -0.4 is 10.5 Å². The SMILES string of the molecule is Nc1ccc(-c2ccccc2OC(F)(F)F)c(-c2ccno2)c1. The Morgan fingerprint density at radius 2 is 1.74 bits per heavy atom. The number of anilines is 1. The summed E-state index contributed by atoms with van der Waals surface area (Å²) in [6.45, 7) is 0. The van der Waals surface area contributed by atoms with Crippen molar-refractivity contribution in [3.63, 3.8) is 0 Å². The highest BCUT2D eigenvalue weighted by Crippen LogP contribution is 2.39. The molecule has 7 heteroatoms. The molecule has 118 valence electrons. The Bertz CT molecular complexity index is 814. The minimum absolute atomic E-state index is 0.274. The first kappa shape index (κ1) is 15.0. The van der Waals surface area contributed by atoms with Gasteiger partial charge in [-0.15, -0.1) is 13.2 Å². The predicted octanol–water partition coefficient (Wildman–Crippen LogP) is 4.49. The lowest BCUT2D eigenvalue weighted by atomic mass is 9.97. The average molecular weight is 320 g/mol. The smallest absolute Gasteiger partial charge is 0.405 e. The van der Waals surface area contributed by atoms with Gasteiger partial charge in [0.2, 0.25) is 0 Å². The molecule has 0 atom stereocenters. The molecule has 1 heterocycles. The first-order valence-corrected chi connectivity index (χ1v) is 6.60. The second-order valence-corrected chi connectivity index (χ2v) is 4.73. The van der Waals surface area contributed by atoms with Crippen LogP contribution in [0, 0.1) is 0 Å².